The molecule has 2 heterocycles. The van der Waals surface area contributed by atoms with Gasteiger partial charge in [-0.2, -0.15) is 0 Å². The van der Waals surface area contributed by atoms with E-state index >= 15 is 0 Å². The highest BCUT2D eigenvalue weighted by atomic mass is 16.4. The lowest BCUT2D eigenvalue weighted by atomic mass is 10.1. The van der Waals surface area contributed by atoms with Crippen LogP contribution in [0.2, 0.25) is 0 Å². The molecule has 1 aliphatic heterocycles. The molecular weight excluding hydrogens is 324 g/mol. The van der Waals surface area contributed by atoms with Crippen molar-refractivity contribution in [2.45, 2.75) is 38.5 Å². The van der Waals surface area contributed by atoms with Gasteiger partial charge in [0.25, 0.3) is 0 Å². The summed E-state index contributed by atoms with van der Waals surface area (Å²) in [7, 11) is 0. The second kappa shape index (κ2) is 9.61. The summed E-state index contributed by atoms with van der Waals surface area (Å²) in [6.45, 7) is 0.863. The van der Waals surface area contributed by atoms with Crippen molar-refractivity contribution >= 4 is 23.6 Å². The Kier molecular flexibility index (Phi) is 7.18. The van der Waals surface area contributed by atoms with Crippen molar-refractivity contribution in [3.05, 3.63) is 23.4 Å². The lowest BCUT2D eigenvalue weighted by molar-refractivity contribution is -0.137. The van der Waals surface area contributed by atoms with Crippen LogP contribution in [0, 0.1) is 0 Å². The van der Waals surface area contributed by atoms with Gasteiger partial charge in [0.1, 0.15) is 5.82 Å². The highest BCUT2D eigenvalue weighted by Crippen LogP contribution is 2.20. The lowest BCUT2D eigenvalue weighted by Gasteiger charge is -2.17. The van der Waals surface area contributed by atoms with Gasteiger partial charge in [0, 0.05) is 25.2 Å². The second-order valence-electron chi connectivity index (χ2n) is 5.96. The zero-order valence-electron chi connectivity index (χ0n) is 14.1. The summed E-state index contributed by atoms with van der Waals surface area (Å²) in [6.07, 6.45) is 3.70. The first-order valence-corrected chi connectivity index (χ1v) is 8.52. The number of nitrogens with one attached hydrogen (secondary N) is 3. The quantitative estimate of drug-likeness (QED) is 0.515. The minimum absolute atomic E-state index is 0.0576. The number of nitrogens with zero attached hydrogens (tertiary/aromatic N) is 1. The third-order valence-corrected chi connectivity index (χ3v) is 3.90. The molecule has 136 valence electrons. The van der Waals surface area contributed by atoms with Crippen LogP contribution >= 0.6 is 0 Å². The molecule has 2 amide bonds. The van der Waals surface area contributed by atoms with Crippen LogP contribution in [0.5, 0.6) is 0 Å². The molecule has 2 rings (SSSR count). The van der Waals surface area contributed by atoms with E-state index < -0.39 is 11.9 Å². The number of carboxylic acid groups (broad SMARTS) is 1. The summed E-state index contributed by atoms with van der Waals surface area (Å²) < 4.78 is 0. The molecule has 8 heteroatoms. The smallest absolute Gasteiger partial charge is 0.305 e. The van der Waals surface area contributed by atoms with Crippen LogP contribution < -0.4 is 16.0 Å². The van der Waals surface area contributed by atoms with Gasteiger partial charge in [0.2, 0.25) is 11.8 Å². The summed E-state index contributed by atoms with van der Waals surface area (Å²) in [4.78, 5) is 38.1. The molecule has 0 saturated carbocycles. The number of rotatable bonds is 9. The van der Waals surface area contributed by atoms with Crippen LogP contribution in [-0.4, -0.2) is 47.5 Å². The number of pyridine rings is 1. The number of hydrogen-bond acceptors (Lipinski definition) is 5. The van der Waals surface area contributed by atoms with Crippen molar-refractivity contribution in [1.82, 2.24) is 15.6 Å². The van der Waals surface area contributed by atoms with E-state index in [1.165, 1.54) is 5.56 Å². The lowest BCUT2D eigenvalue weighted by Crippen LogP contribution is -2.37. The molecule has 0 atom stereocenters. The zero-order valence-corrected chi connectivity index (χ0v) is 14.1. The first-order valence-electron chi connectivity index (χ1n) is 8.52. The Morgan fingerprint density at radius 3 is 2.80 bits per heavy atom. The van der Waals surface area contributed by atoms with Gasteiger partial charge >= 0.3 is 5.97 Å². The van der Waals surface area contributed by atoms with Gasteiger partial charge in [-0.3, -0.25) is 14.4 Å². The Hall–Kier alpha value is -2.64. The molecule has 0 unspecified atom stereocenters. The van der Waals surface area contributed by atoms with Gasteiger partial charge in [-0.1, -0.05) is 6.07 Å². The number of aryl methyl sites for hydroxylation is 2. The van der Waals surface area contributed by atoms with E-state index in [-0.39, 0.29) is 25.4 Å². The molecule has 0 radical (unpaired) electrons. The molecule has 8 nitrogen and oxygen atoms in total. The SMILES string of the molecule is O=C(O)CCNC(=O)CNC(=O)CCCc1ccc2c(n1)NCCC2. The maximum Gasteiger partial charge on any atom is 0.305 e. The van der Waals surface area contributed by atoms with Gasteiger partial charge in [0.05, 0.1) is 13.0 Å². The maximum atomic E-state index is 11.7. The van der Waals surface area contributed by atoms with Crippen molar-refractivity contribution in [3.63, 3.8) is 0 Å². The van der Waals surface area contributed by atoms with Crippen molar-refractivity contribution in [2.75, 3.05) is 25.0 Å². The Balaban J connectivity index is 1.62. The molecule has 1 aliphatic rings. The first-order chi connectivity index (χ1) is 12.0. The van der Waals surface area contributed by atoms with Crippen LogP contribution in [0.1, 0.15) is 36.9 Å². The van der Waals surface area contributed by atoms with Crippen molar-refractivity contribution < 1.29 is 19.5 Å². The minimum atomic E-state index is -0.977. The van der Waals surface area contributed by atoms with Crippen LogP contribution in [0.25, 0.3) is 0 Å². The van der Waals surface area contributed by atoms with Crippen molar-refractivity contribution in [3.8, 4) is 0 Å². The molecule has 0 bridgehead atoms. The third-order valence-electron chi connectivity index (χ3n) is 3.90. The molecule has 0 fully saturated rings. The topological polar surface area (TPSA) is 120 Å². The number of hydrogen-bond donors (Lipinski definition) is 4. The second-order valence-corrected chi connectivity index (χ2v) is 5.96. The summed E-state index contributed by atoms with van der Waals surface area (Å²) in [5.41, 5.74) is 2.19. The van der Waals surface area contributed by atoms with E-state index in [1.54, 1.807) is 0 Å². The van der Waals surface area contributed by atoms with Crippen molar-refractivity contribution in [1.29, 1.82) is 0 Å². The number of carbonyl (C=O) groups is 3. The number of amides is 2. The molecular formula is C17H24N4O4. The van der Waals surface area contributed by atoms with Gasteiger partial charge < -0.3 is 21.1 Å². The van der Waals surface area contributed by atoms with Crippen molar-refractivity contribution in [2.24, 2.45) is 0 Å². The Morgan fingerprint density at radius 2 is 2.00 bits per heavy atom. The molecule has 1 aromatic rings. The standard InChI is InChI=1S/C17H24N4O4/c22-14(20-11-15(23)18-10-8-16(24)25)5-1-4-13-7-6-12-3-2-9-19-17(12)21-13/h6-7H,1-5,8-11H2,(H,18,23)(H,19,21)(H,20,22)(H,24,25). The van der Waals surface area contributed by atoms with E-state index in [1.807, 2.05) is 6.07 Å². The van der Waals surface area contributed by atoms with Crippen LogP contribution in [0.4, 0.5) is 5.82 Å². The zero-order chi connectivity index (χ0) is 18.1. The fourth-order valence-electron chi connectivity index (χ4n) is 2.58. The predicted molar refractivity (Wildman–Crippen MR) is 92.3 cm³/mol. The summed E-state index contributed by atoms with van der Waals surface area (Å²) in [5, 5.41) is 16.7. The summed E-state index contributed by atoms with van der Waals surface area (Å²) in [6, 6.07) is 4.09. The Labute approximate surface area is 146 Å². The van der Waals surface area contributed by atoms with Gasteiger partial charge in [-0.05, 0) is 37.3 Å². The number of aromatic nitrogens is 1. The number of carbonyl (C=O) groups excluding carboxylic acids is 2. The van der Waals surface area contributed by atoms with E-state index in [0.717, 1.165) is 30.9 Å². The van der Waals surface area contributed by atoms with E-state index in [2.05, 4.69) is 27.0 Å². The number of anilines is 1. The molecule has 0 aliphatic carbocycles. The average molecular weight is 348 g/mol. The highest BCUT2D eigenvalue weighted by Gasteiger charge is 2.11. The average Bonchev–Trinajstić information content (AvgIpc) is 2.59. The summed E-state index contributed by atoms with van der Waals surface area (Å²) in [5.74, 6) is -0.622. The van der Waals surface area contributed by atoms with E-state index in [9.17, 15) is 14.4 Å². The van der Waals surface area contributed by atoms with Gasteiger partial charge in [-0.15, -0.1) is 0 Å². The van der Waals surface area contributed by atoms with Crippen LogP contribution in [-0.2, 0) is 27.2 Å². The van der Waals surface area contributed by atoms with Gasteiger partial charge in [-0.25, -0.2) is 4.98 Å². The summed E-state index contributed by atoms with van der Waals surface area (Å²) >= 11 is 0. The first kappa shape index (κ1) is 18.7. The van der Waals surface area contributed by atoms with E-state index in [4.69, 9.17) is 5.11 Å². The van der Waals surface area contributed by atoms with Crippen LogP contribution in [0.15, 0.2) is 12.1 Å². The van der Waals surface area contributed by atoms with Crippen LogP contribution in [0.3, 0.4) is 0 Å². The fourth-order valence-corrected chi connectivity index (χ4v) is 2.58. The predicted octanol–water partition coefficient (Wildman–Crippen LogP) is 0.470. The largest absolute Gasteiger partial charge is 0.481 e. The minimum Gasteiger partial charge on any atom is -0.481 e. The fraction of sp³-hybridized carbons (Fsp3) is 0.529. The molecule has 1 aromatic heterocycles. The van der Waals surface area contributed by atoms with E-state index in [0.29, 0.717) is 19.3 Å². The number of aliphatic carboxylic acids is 1. The monoisotopic (exact) mass is 348 g/mol. The number of fused-ring (bicyclic) bond motifs is 1. The number of carboxylic acids is 1. The Bertz CT molecular complexity index is 633. The highest BCUT2D eigenvalue weighted by molar-refractivity contribution is 5.84. The molecule has 0 saturated heterocycles. The maximum absolute atomic E-state index is 11.7. The normalized spacial score (nSPS) is 12.6. The van der Waals surface area contributed by atoms with Gasteiger partial charge in [0.15, 0.2) is 0 Å². The molecule has 25 heavy (non-hydrogen) atoms. The Morgan fingerprint density at radius 1 is 1.16 bits per heavy atom. The molecule has 0 aromatic carbocycles. The molecule has 0 spiro atoms. The molecule has 4 N–H and O–H groups in total. The third kappa shape index (κ3) is 6.78.